The molecule has 0 saturated heterocycles. The van der Waals surface area contributed by atoms with Crippen LogP contribution in [-0.2, 0) is 5.41 Å². The number of nitrogens with one attached hydrogen (secondary N) is 1. The molecule has 3 saturated carbocycles. The number of hydrogen-bond acceptors (Lipinski definition) is 5. The Morgan fingerprint density at radius 2 is 1.85 bits per heavy atom. The van der Waals surface area contributed by atoms with Crippen molar-refractivity contribution in [3.05, 3.63) is 47.4 Å². The molecule has 3 aliphatic carbocycles. The number of furan rings is 1. The lowest BCUT2D eigenvalue weighted by molar-refractivity contribution is -0.145. The van der Waals surface area contributed by atoms with Crippen molar-refractivity contribution in [2.24, 2.45) is 11.3 Å². The number of carbonyl (C=O) groups is 1. The van der Waals surface area contributed by atoms with Crippen LogP contribution in [0.4, 0.5) is 20.2 Å². The molecule has 1 atom stereocenters. The van der Waals surface area contributed by atoms with E-state index in [1.54, 1.807) is 24.1 Å². The molecule has 1 aromatic carbocycles. The van der Waals surface area contributed by atoms with E-state index in [1.807, 2.05) is 23.3 Å². The fourth-order valence-electron chi connectivity index (χ4n) is 6.32. The van der Waals surface area contributed by atoms with Gasteiger partial charge in [0.15, 0.2) is 5.76 Å². The quantitative estimate of drug-likeness (QED) is 0.484. The van der Waals surface area contributed by atoms with Gasteiger partial charge in [-0.25, -0.2) is 8.78 Å². The number of amides is 1. The molecule has 3 fully saturated rings. The second-order valence-electron chi connectivity index (χ2n) is 10.9. The van der Waals surface area contributed by atoms with Crippen molar-refractivity contribution in [3.8, 4) is 0 Å². The summed E-state index contributed by atoms with van der Waals surface area (Å²) in [5, 5.41) is 10.5. The Kier molecular flexibility index (Phi) is 5.09. The third-order valence-electron chi connectivity index (χ3n) is 8.71. The lowest BCUT2D eigenvalue weighted by Gasteiger charge is -2.38. The standard InChI is InChI=1S/C26H30F2N2O3S/c1-34-29-17-2-3-19-18(12-17)25(10-8-24(6-7-24)9-11-25)15-30(19)23(32)21-5-4-20(33-21)22(31)16-13-26(27,28)14-16/h2-5,12,16,22,29,31H,6-11,13-15H2,1H3. The van der Waals surface area contributed by atoms with Gasteiger partial charge in [-0.15, -0.1) is 0 Å². The van der Waals surface area contributed by atoms with Gasteiger partial charge in [0.05, 0.1) is 0 Å². The maximum Gasteiger partial charge on any atom is 0.294 e. The molecule has 4 aliphatic rings. The van der Waals surface area contributed by atoms with E-state index in [0.29, 0.717) is 12.0 Å². The number of rotatable bonds is 5. The van der Waals surface area contributed by atoms with Crippen LogP contribution < -0.4 is 9.62 Å². The van der Waals surface area contributed by atoms with E-state index >= 15 is 0 Å². The van der Waals surface area contributed by atoms with Gasteiger partial charge in [0.25, 0.3) is 5.91 Å². The topological polar surface area (TPSA) is 65.7 Å². The molecule has 5 nitrogen and oxygen atoms in total. The molecule has 6 rings (SSSR count). The molecule has 182 valence electrons. The Morgan fingerprint density at radius 3 is 2.50 bits per heavy atom. The van der Waals surface area contributed by atoms with Gasteiger partial charge in [-0.3, -0.25) is 4.79 Å². The van der Waals surface area contributed by atoms with Crippen LogP contribution in [0.5, 0.6) is 0 Å². The summed E-state index contributed by atoms with van der Waals surface area (Å²) in [6.45, 7) is 0.618. The van der Waals surface area contributed by atoms with Crippen molar-refractivity contribution >= 4 is 29.2 Å². The minimum absolute atomic E-state index is 0.0542. The van der Waals surface area contributed by atoms with E-state index in [9.17, 15) is 18.7 Å². The van der Waals surface area contributed by atoms with Crippen molar-refractivity contribution in [2.75, 3.05) is 22.4 Å². The Hall–Kier alpha value is -2.06. The van der Waals surface area contributed by atoms with E-state index < -0.39 is 17.9 Å². The highest BCUT2D eigenvalue weighted by Gasteiger charge is 2.54. The molecule has 1 amide bonds. The summed E-state index contributed by atoms with van der Waals surface area (Å²) < 4.78 is 35.5. The number of nitrogens with zero attached hydrogens (tertiary/aromatic N) is 1. The van der Waals surface area contributed by atoms with E-state index in [2.05, 4.69) is 10.8 Å². The molecule has 2 heterocycles. The van der Waals surface area contributed by atoms with Crippen LogP contribution in [0.3, 0.4) is 0 Å². The zero-order valence-corrected chi connectivity index (χ0v) is 20.1. The number of carbonyl (C=O) groups excluding carboxylic acids is 1. The van der Waals surface area contributed by atoms with Crippen LogP contribution in [0.2, 0.25) is 0 Å². The highest BCUT2D eigenvalue weighted by atomic mass is 32.2. The van der Waals surface area contributed by atoms with Crippen LogP contribution in [0.25, 0.3) is 0 Å². The average Bonchev–Trinajstić information content (AvgIpc) is 3.26. The van der Waals surface area contributed by atoms with Gasteiger partial charge in [0.2, 0.25) is 5.92 Å². The first-order chi connectivity index (χ1) is 16.2. The van der Waals surface area contributed by atoms with Gasteiger partial charge < -0.3 is 19.1 Å². The molecule has 2 N–H and O–H groups in total. The number of alkyl halides is 2. The third kappa shape index (κ3) is 3.65. The molecule has 1 aromatic heterocycles. The second-order valence-corrected chi connectivity index (χ2v) is 11.5. The average molecular weight is 489 g/mol. The van der Waals surface area contributed by atoms with E-state index in [1.165, 1.54) is 31.2 Å². The SMILES string of the molecule is CSNc1ccc2c(c1)C1(CCC3(CC3)CC1)CN2C(=O)c1ccc(C(O)C2CC(F)(F)C2)o1. The molecule has 0 bridgehead atoms. The first kappa shape index (κ1) is 22.4. The fraction of sp³-hybridized carbons (Fsp3) is 0.577. The zero-order valence-electron chi connectivity index (χ0n) is 19.3. The number of benzene rings is 1. The number of anilines is 2. The van der Waals surface area contributed by atoms with Crippen LogP contribution in [0.15, 0.2) is 34.7 Å². The molecular formula is C26H30F2N2O3S. The summed E-state index contributed by atoms with van der Waals surface area (Å²) >= 11 is 1.55. The largest absolute Gasteiger partial charge is 0.453 e. The smallest absolute Gasteiger partial charge is 0.294 e. The highest BCUT2D eigenvalue weighted by Crippen LogP contribution is 2.62. The Morgan fingerprint density at radius 1 is 1.15 bits per heavy atom. The van der Waals surface area contributed by atoms with Crippen LogP contribution in [-0.4, -0.2) is 29.7 Å². The van der Waals surface area contributed by atoms with Crippen molar-refractivity contribution < 1.29 is 23.1 Å². The third-order valence-corrected chi connectivity index (χ3v) is 9.15. The molecular weight excluding hydrogens is 458 g/mol. The molecule has 2 aromatic rings. The number of hydrogen-bond donors (Lipinski definition) is 2. The number of aliphatic hydroxyl groups excluding tert-OH is 1. The molecule has 0 radical (unpaired) electrons. The summed E-state index contributed by atoms with van der Waals surface area (Å²) in [5.74, 6) is -3.17. The lowest BCUT2D eigenvalue weighted by atomic mass is 9.66. The summed E-state index contributed by atoms with van der Waals surface area (Å²) in [5.41, 5.74) is 3.66. The lowest BCUT2D eigenvalue weighted by Crippen LogP contribution is -2.40. The van der Waals surface area contributed by atoms with Crippen LogP contribution >= 0.6 is 11.9 Å². The van der Waals surface area contributed by atoms with Gasteiger partial charge in [-0.1, -0.05) is 11.9 Å². The summed E-state index contributed by atoms with van der Waals surface area (Å²) in [6.07, 6.45) is 7.39. The van der Waals surface area contributed by atoms with Gasteiger partial charge >= 0.3 is 0 Å². The van der Waals surface area contributed by atoms with Crippen molar-refractivity contribution in [1.82, 2.24) is 0 Å². The molecule has 1 unspecified atom stereocenters. The van der Waals surface area contributed by atoms with Crippen LogP contribution in [0, 0.1) is 11.3 Å². The molecule has 8 heteroatoms. The summed E-state index contributed by atoms with van der Waals surface area (Å²) in [6, 6.07) is 9.30. The maximum absolute atomic E-state index is 13.6. The van der Waals surface area contributed by atoms with Gasteiger partial charge in [0, 0.05) is 48.3 Å². The predicted molar refractivity (Wildman–Crippen MR) is 128 cm³/mol. The summed E-state index contributed by atoms with van der Waals surface area (Å²) in [7, 11) is 0. The maximum atomic E-state index is 13.6. The molecule has 1 aliphatic heterocycles. The Labute approximate surface area is 202 Å². The first-order valence-corrected chi connectivity index (χ1v) is 13.4. The van der Waals surface area contributed by atoms with E-state index in [0.717, 1.165) is 24.2 Å². The number of fused-ring (bicyclic) bond motifs is 2. The minimum atomic E-state index is -2.71. The first-order valence-electron chi connectivity index (χ1n) is 12.1. The number of halogens is 2. The Bertz CT molecular complexity index is 1110. The second kappa shape index (κ2) is 7.72. The fourth-order valence-corrected chi connectivity index (χ4v) is 6.68. The zero-order chi connectivity index (χ0) is 23.7. The summed E-state index contributed by atoms with van der Waals surface area (Å²) in [4.78, 5) is 15.4. The predicted octanol–water partition coefficient (Wildman–Crippen LogP) is 6.30. The van der Waals surface area contributed by atoms with Crippen molar-refractivity contribution in [1.29, 1.82) is 0 Å². The minimum Gasteiger partial charge on any atom is -0.453 e. The van der Waals surface area contributed by atoms with Gasteiger partial charge in [-0.05, 0) is 79.8 Å². The number of aliphatic hydroxyl groups is 1. The van der Waals surface area contributed by atoms with Crippen molar-refractivity contribution in [2.45, 2.75) is 68.8 Å². The normalized spacial score (nSPS) is 24.6. The highest BCUT2D eigenvalue weighted by molar-refractivity contribution is 7.99. The van der Waals surface area contributed by atoms with E-state index in [4.69, 9.17) is 4.42 Å². The van der Waals surface area contributed by atoms with Gasteiger partial charge in [0.1, 0.15) is 11.9 Å². The Balaban J connectivity index is 1.26. The van der Waals surface area contributed by atoms with E-state index in [-0.39, 0.29) is 35.7 Å². The molecule has 2 spiro atoms. The van der Waals surface area contributed by atoms with Crippen molar-refractivity contribution in [3.63, 3.8) is 0 Å². The van der Waals surface area contributed by atoms with Crippen LogP contribution in [0.1, 0.15) is 79.3 Å². The van der Waals surface area contributed by atoms with Gasteiger partial charge in [-0.2, -0.15) is 0 Å². The monoisotopic (exact) mass is 488 g/mol. The molecule has 34 heavy (non-hydrogen) atoms.